The Morgan fingerprint density at radius 1 is 1.14 bits per heavy atom. The average Bonchev–Trinajstić information content (AvgIpc) is 2.01. The average molecular weight is 194 g/mol. The van der Waals surface area contributed by atoms with Gasteiger partial charge in [-0.25, -0.2) is 4.98 Å². The van der Waals surface area contributed by atoms with Crippen LogP contribution in [0.3, 0.4) is 0 Å². The Labute approximate surface area is 84.6 Å². The number of aromatic amines is 1. The van der Waals surface area contributed by atoms with E-state index in [2.05, 4.69) is 23.8 Å². The zero-order chi connectivity index (χ0) is 10.9. The molecule has 0 bridgehead atoms. The molecule has 0 unspecified atom stereocenters. The predicted molar refractivity (Wildman–Crippen MR) is 57.8 cm³/mol. The quantitative estimate of drug-likeness (QED) is 0.785. The summed E-state index contributed by atoms with van der Waals surface area (Å²) >= 11 is 0. The van der Waals surface area contributed by atoms with Crippen LogP contribution in [0.25, 0.3) is 0 Å². The zero-order valence-corrected chi connectivity index (χ0v) is 9.51. The van der Waals surface area contributed by atoms with Gasteiger partial charge in [0, 0.05) is 5.56 Å². The molecule has 0 aromatic carbocycles. The molecule has 1 aromatic rings. The van der Waals surface area contributed by atoms with Crippen LogP contribution in [0.2, 0.25) is 0 Å². The number of rotatable bonds is 2. The first-order valence-electron chi connectivity index (χ1n) is 5.04. The highest BCUT2D eigenvalue weighted by Gasteiger charge is 2.15. The van der Waals surface area contributed by atoms with Crippen LogP contribution in [0.5, 0.6) is 0 Å². The topological polar surface area (TPSA) is 45.8 Å². The summed E-state index contributed by atoms with van der Waals surface area (Å²) in [7, 11) is 0. The van der Waals surface area contributed by atoms with Crippen molar-refractivity contribution < 1.29 is 0 Å². The van der Waals surface area contributed by atoms with Gasteiger partial charge in [-0.15, -0.1) is 0 Å². The van der Waals surface area contributed by atoms with E-state index < -0.39 is 0 Å². The Balaban J connectivity index is 3.45. The molecule has 0 aliphatic heterocycles. The fraction of sp³-hybridized carbons (Fsp3) is 0.636. The van der Waals surface area contributed by atoms with E-state index in [1.807, 2.05) is 20.8 Å². The number of aryl methyl sites for hydroxylation is 1. The lowest BCUT2D eigenvalue weighted by atomic mass is 9.96. The molecule has 0 spiro atoms. The molecule has 0 amide bonds. The first kappa shape index (κ1) is 11.0. The molecular weight excluding hydrogens is 176 g/mol. The van der Waals surface area contributed by atoms with Gasteiger partial charge in [0.25, 0.3) is 5.56 Å². The van der Waals surface area contributed by atoms with Crippen molar-refractivity contribution in [2.45, 2.75) is 46.5 Å². The number of nitrogens with zero attached hydrogens (tertiary/aromatic N) is 1. The number of hydrogen-bond donors (Lipinski definition) is 1. The Morgan fingerprint density at radius 2 is 1.71 bits per heavy atom. The van der Waals surface area contributed by atoms with Gasteiger partial charge in [0.15, 0.2) is 0 Å². The van der Waals surface area contributed by atoms with Crippen molar-refractivity contribution in [3.8, 4) is 0 Å². The molecule has 1 rings (SSSR count). The highest BCUT2D eigenvalue weighted by molar-refractivity contribution is 5.23. The Kier molecular flexibility index (Phi) is 3.09. The molecule has 3 heteroatoms. The first-order valence-corrected chi connectivity index (χ1v) is 5.04. The van der Waals surface area contributed by atoms with Crippen molar-refractivity contribution in [1.82, 2.24) is 9.97 Å². The fourth-order valence-corrected chi connectivity index (χ4v) is 1.61. The molecule has 0 aliphatic rings. The lowest BCUT2D eigenvalue weighted by molar-refractivity contribution is 0.725. The maximum atomic E-state index is 11.7. The van der Waals surface area contributed by atoms with Crippen LogP contribution in [-0.2, 0) is 0 Å². The second-order valence-electron chi connectivity index (χ2n) is 4.26. The number of nitrogens with one attached hydrogen (secondary N) is 1. The highest BCUT2D eigenvalue weighted by atomic mass is 16.1. The maximum Gasteiger partial charge on any atom is 0.254 e. The monoisotopic (exact) mass is 194 g/mol. The maximum absolute atomic E-state index is 11.7. The van der Waals surface area contributed by atoms with E-state index in [0.29, 0.717) is 11.7 Å². The SMILES string of the molecule is Cc1nc(C(C)C)c(C(C)C)c(=O)[nH]1. The van der Waals surface area contributed by atoms with Crippen LogP contribution < -0.4 is 5.56 Å². The Hall–Kier alpha value is -1.12. The summed E-state index contributed by atoms with van der Waals surface area (Å²) in [5.74, 6) is 1.22. The van der Waals surface area contributed by atoms with Gasteiger partial charge in [0.2, 0.25) is 0 Å². The van der Waals surface area contributed by atoms with E-state index in [1.54, 1.807) is 0 Å². The summed E-state index contributed by atoms with van der Waals surface area (Å²) < 4.78 is 0. The molecule has 0 saturated heterocycles. The van der Waals surface area contributed by atoms with Crippen molar-refractivity contribution >= 4 is 0 Å². The first-order chi connectivity index (χ1) is 6.43. The minimum atomic E-state index is 0.0104. The largest absolute Gasteiger partial charge is 0.311 e. The predicted octanol–water partition coefficient (Wildman–Crippen LogP) is 2.33. The molecule has 0 fully saturated rings. The van der Waals surface area contributed by atoms with Crippen LogP contribution in [0.4, 0.5) is 0 Å². The molecule has 0 saturated carbocycles. The summed E-state index contributed by atoms with van der Waals surface area (Å²) in [6.45, 7) is 9.98. The van der Waals surface area contributed by atoms with E-state index in [0.717, 1.165) is 11.3 Å². The van der Waals surface area contributed by atoms with Crippen LogP contribution in [0.15, 0.2) is 4.79 Å². The highest BCUT2D eigenvalue weighted by Crippen LogP contribution is 2.20. The lowest BCUT2D eigenvalue weighted by Crippen LogP contribution is -2.20. The summed E-state index contributed by atoms with van der Waals surface area (Å²) in [4.78, 5) is 18.9. The van der Waals surface area contributed by atoms with Crippen molar-refractivity contribution in [2.75, 3.05) is 0 Å². The van der Waals surface area contributed by atoms with E-state index in [-0.39, 0.29) is 11.5 Å². The van der Waals surface area contributed by atoms with Crippen molar-refractivity contribution in [2.24, 2.45) is 0 Å². The van der Waals surface area contributed by atoms with Crippen LogP contribution >= 0.6 is 0 Å². The second kappa shape index (κ2) is 3.95. The minimum Gasteiger partial charge on any atom is -0.311 e. The number of aromatic nitrogens is 2. The molecule has 0 atom stereocenters. The standard InChI is InChI=1S/C11H18N2O/c1-6(2)9-10(7(3)4)12-8(5)13-11(9)14/h6-7H,1-5H3,(H,12,13,14). The molecule has 1 heterocycles. The Morgan fingerprint density at radius 3 is 2.14 bits per heavy atom. The van der Waals surface area contributed by atoms with E-state index >= 15 is 0 Å². The van der Waals surface area contributed by atoms with Crippen molar-refractivity contribution in [3.63, 3.8) is 0 Å². The van der Waals surface area contributed by atoms with Crippen molar-refractivity contribution in [3.05, 3.63) is 27.4 Å². The third-order valence-corrected chi connectivity index (χ3v) is 2.23. The van der Waals surface area contributed by atoms with E-state index in [9.17, 15) is 4.79 Å². The molecule has 1 aromatic heterocycles. The Bertz CT molecular complexity index is 377. The molecule has 14 heavy (non-hydrogen) atoms. The van der Waals surface area contributed by atoms with Gasteiger partial charge in [-0.05, 0) is 18.8 Å². The third-order valence-electron chi connectivity index (χ3n) is 2.23. The molecule has 78 valence electrons. The van der Waals surface area contributed by atoms with Gasteiger partial charge in [0.05, 0.1) is 5.69 Å². The smallest absolute Gasteiger partial charge is 0.254 e. The van der Waals surface area contributed by atoms with Gasteiger partial charge in [0.1, 0.15) is 5.82 Å². The lowest BCUT2D eigenvalue weighted by Gasteiger charge is -2.13. The normalized spacial score (nSPS) is 11.4. The molecule has 3 nitrogen and oxygen atoms in total. The van der Waals surface area contributed by atoms with Gasteiger partial charge >= 0.3 is 0 Å². The van der Waals surface area contributed by atoms with Crippen molar-refractivity contribution in [1.29, 1.82) is 0 Å². The van der Waals surface area contributed by atoms with E-state index in [1.165, 1.54) is 0 Å². The summed E-state index contributed by atoms with van der Waals surface area (Å²) in [6.07, 6.45) is 0. The van der Waals surface area contributed by atoms with Crippen LogP contribution in [0.1, 0.15) is 56.6 Å². The molecule has 0 radical (unpaired) electrons. The second-order valence-corrected chi connectivity index (χ2v) is 4.26. The van der Waals surface area contributed by atoms with E-state index in [4.69, 9.17) is 0 Å². The van der Waals surface area contributed by atoms with Gasteiger partial charge in [-0.1, -0.05) is 27.7 Å². The van der Waals surface area contributed by atoms with Gasteiger partial charge in [-0.2, -0.15) is 0 Å². The summed E-state index contributed by atoms with van der Waals surface area (Å²) in [5, 5.41) is 0. The van der Waals surface area contributed by atoms with Gasteiger partial charge in [-0.3, -0.25) is 4.79 Å². The fourth-order valence-electron chi connectivity index (χ4n) is 1.61. The zero-order valence-electron chi connectivity index (χ0n) is 9.51. The van der Waals surface area contributed by atoms with Gasteiger partial charge < -0.3 is 4.98 Å². The molecular formula is C11H18N2O. The minimum absolute atomic E-state index is 0.0104. The summed E-state index contributed by atoms with van der Waals surface area (Å²) in [5.41, 5.74) is 1.77. The van der Waals surface area contributed by atoms with Crippen LogP contribution in [-0.4, -0.2) is 9.97 Å². The van der Waals surface area contributed by atoms with Crippen LogP contribution in [0, 0.1) is 6.92 Å². The molecule has 1 N–H and O–H groups in total. The number of hydrogen-bond acceptors (Lipinski definition) is 2. The summed E-state index contributed by atoms with van der Waals surface area (Å²) in [6, 6.07) is 0. The third kappa shape index (κ3) is 2.03. The number of H-pyrrole nitrogens is 1. The molecule has 0 aliphatic carbocycles.